The van der Waals surface area contributed by atoms with E-state index in [0.717, 1.165) is 28.4 Å². The Morgan fingerprint density at radius 2 is 1.77 bits per heavy atom. The van der Waals surface area contributed by atoms with Gasteiger partial charge >= 0.3 is 6.18 Å². The minimum atomic E-state index is -4.49. The van der Waals surface area contributed by atoms with Gasteiger partial charge in [0.1, 0.15) is 11.6 Å². The highest BCUT2D eigenvalue weighted by molar-refractivity contribution is 5.89. The summed E-state index contributed by atoms with van der Waals surface area (Å²) in [5, 5.41) is 0.886. The fourth-order valence-electron chi connectivity index (χ4n) is 4.13. The zero-order valence-corrected chi connectivity index (χ0v) is 19.4. The quantitative estimate of drug-likeness (QED) is 0.285. The Morgan fingerprint density at radius 3 is 2.46 bits per heavy atom. The van der Waals surface area contributed by atoms with Crippen molar-refractivity contribution < 1.29 is 17.9 Å². The van der Waals surface area contributed by atoms with E-state index in [4.69, 9.17) is 4.74 Å². The smallest absolute Gasteiger partial charge is 0.434 e. The highest BCUT2D eigenvalue weighted by Gasteiger charge is 2.34. The summed E-state index contributed by atoms with van der Waals surface area (Å²) in [5.74, 6) is 1.78. The summed E-state index contributed by atoms with van der Waals surface area (Å²) in [4.78, 5) is 11.6. The van der Waals surface area contributed by atoms with Gasteiger partial charge in [-0.15, -0.1) is 0 Å². The Balaban J connectivity index is 1.44. The van der Waals surface area contributed by atoms with Gasteiger partial charge in [0.25, 0.3) is 0 Å². The second-order valence-electron chi connectivity index (χ2n) is 8.69. The van der Waals surface area contributed by atoms with Crippen LogP contribution in [-0.4, -0.2) is 19.5 Å². The number of rotatable bonds is 5. The van der Waals surface area contributed by atoms with Gasteiger partial charge in [0.05, 0.1) is 17.4 Å². The summed E-state index contributed by atoms with van der Waals surface area (Å²) in [5.41, 5.74) is 3.64. The van der Waals surface area contributed by atoms with Gasteiger partial charge in [0.2, 0.25) is 0 Å². The van der Waals surface area contributed by atoms with Gasteiger partial charge in [-0.1, -0.05) is 38.1 Å². The average molecular weight is 477 g/mol. The van der Waals surface area contributed by atoms with Crippen molar-refractivity contribution in [2.24, 2.45) is 7.05 Å². The van der Waals surface area contributed by atoms with Crippen LogP contribution in [0.4, 0.5) is 13.2 Å². The number of nitrogens with zero attached hydrogens (tertiary/aromatic N) is 3. The molecule has 0 radical (unpaired) electrons. The van der Waals surface area contributed by atoms with Crippen LogP contribution in [0.2, 0.25) is 0 Å². The lowest BCUT2D eigenvalue weighted by Gasteiger charge is -2.12. The molecule has 0 aliphatic carbocycles. The lowest BCUT2D eigenvalue weighted by molar-refractivity contribution is -0.140. The molecule has 0 bridgehead atoms. The molecular weight excluding hydrogens is 453 g/mol. The van der Waals surface area contributed by atoms with Crippen molar-refractivity contribution in [3.8, 4) is 34.1 Å². The molecule has 3 heterocycles. The molecule has 0 saturated heterocycles. The first-order valence-corrected chi connectivity index (χ1v) is 11.2. The fraction of sp³-hybridized carbons (Fsp3) is 0.185. The molecule has 0 aliphatic heterocycles. The van der Waals surface area contributed by atoms with E-state index in [1.54, 1.807) is 36.7 Å². The molecule has 178 valence electrons. The molecule has 0 fully saturated rings. The van der Waals surface area contributed by atoms with Crippen LogP contribution in [0.5, 0.6) is 11.5 Å². The lowest BCUT2D eigenvalue weighted by Crippen LogP contribution is -2.04. The molecule has 1 N–H and O–H groups in total. The number of hydrogen-bond donors (Lipinski definition) is 1. The van der Waals surface area contributed by atoms with Crippen LogP contribution < -0.4 is 4.74 Å². The maximum absolute atomic E-state index is 13.0. The normalized spacial score (nSPS) is 12.0. The largest absolute Gasteiger partial charge is 0.455 e. The molecule has 0 saturated carbocycles. The molecular formula is C27H23F3N4O. The Morgan fingerprint density at radius 1 is 1.03 bits per heavy atom. The van der Waals surface area contributed by atoms with Crippen LogP contribution in [0.1, 0.15) is 31.0 Å². The predicted octanol–water partition coefficient (Wildman–Crippen LogP) is 7.56. The molecule has 0 atom stereocenters. The molecule has 3 aromatic heterocycles. The Bertz CT molecular complexity index is 1500. The van der Waals surface area contributed by atoms with E-state index in [1.165, 1.54) is 17.2 Å². The van der Waals surface area contributed by atoms with E-state index >= 15 is 0 Å². The zero-order valence-electron chi connectivity index (χ0n) is 19.4. The van der Waals surface area contributed by atoms with E-state index in [9.17, 15) is 13.2 Å². The summed E-state index contributed by atoms with van der Waals surface area (Å²) >= 11 is 0. The number of benzene rings is 2. The van der Waals surface area contributed by atoms with Crippen LogP contribution in [0.3, 0.4) is 0 Å². The van der Waals surface area contributed by atoms with Crippen molar-refractivity contribution in [1.82, 2.24) is 19.5 Å². The number of hydrogen-bond acceptors (Lipinski definition) is 3. The molecule has 8 heteroatoms. The van der Waals surface area contributed by atoms with Crippen molar-refractivity contribution in [2.75, 3.05) is 0 Å². The SMILES string of the molecule is CC(C)c1ccccc1-c1cc2c(Oc3ccc(-c4nc(C(F)(F)F)cn4C)cc3)c[nH]c2cn1. The van der Waals surface area contributed by atoms with E-state index in [-0.39, 0.29) is 5.82 Å². The lowest BCUT2D eigenvalue weighted by atomic mass is 9.95. The third-order valence-electron chi connectivity index (χ3n) is 5.89. The van der Waals surface area contributed by atoms with E-state index < -0.39 is 11.9 Å². The summed E-state index contributed by atoms with van der Waals surface area (Å²) in [6, 6.07) is 17.0. The van der Waals surface area contributed by atoms with Crippen LogP contribution in [-0.2, 0) is 13.2 Å². The number of halogens is 3. The number of pyridine rings is 1. The molecule has 0 amide bonds. The molecule has 5 nitrogen and oxygen atoms in total. The van der Waals surface area contributed by atoms with Crippen molar-refractivity contribution in [3.05, 3.63) is 84.4 Å². The average Bonchev–Trinajstić information content (AvgIpc) is 3.43. The van der Waals surface area contributed by atoms with Gasteiger partial charge in [-0.05, 0) is 41.8 Å². The van der Waals surface area contributed by atoms with E-state index in [2.05, 4.69) is 40.9 Å². The minimum Gasteiger partial charge on any atom is -0.455 e. The topological polar surface area (TPSA) is 55.7 Å². The first kappa shape index (κ1) is 22.7. The number of aromatic nitrogens is 4. The van der Waals surface area contributed by atoms with Crippen molar-refractivity contribution in [2.45, 2.75) is 25.9 Å². The van der Waals surface area contributed by atoms with Gasteiger partial charge in [0, 0.05) is 36.0 Å². The maximum atomic E-state index is 13.0. The van der Waals surface area contributed by atoms with Gasteiger partial charge in [-0.25, -0.2) is 4.98 Å². The molecule has 0 spiro atoms. The summed E-state index contributed by atoms with van der Waals surface area (Å²) in [6.45, 7) is 4.31. The van der Waals surface area contributed by atoms with Crippen molar-refractivity contribution in [3.63, 3.8) is 0 Å². The summed E-state index contributed by atoms with van der Waals surface area (Å²) < 4.78 is 46.5. The molecule has 0 unspecified atom stereocenters. The van der Waals surface area contributed by atoms with Crippen molar-refractivity contribution >= 4 is 10.9 Å². The number of ether oxygens (including phenoxy) is 1. The Hall–Kier alpha value is -4.07. The summed E-state index contributed by atoms with van der Waals surface area (Å²) in [6.07, 6.45) is 0.0519. The van der Waals surface area contributed by atoms with E-state index in [1.807, 2.05) is 18.2 Å². The number of alkyl halides is 3. The second-order valence-corrected chi connectivity index (χ2v) is 8.69. The minimum absolute atomic E-state index is 0.232. The first-order chi connectivity index (χ1) is 16.7. The van der Waals surface area contributed by atoms with Crippen LogP contribution in [0.25, 0.3) is 33.5 Å². The molecule has 35 heavy (non-hydrogen) atoms. The van der Waals surface area contributed by atoms with Gasteiger partial charge in [-0.3, -0.25) is 4.98 Å². The Kier molecular flexibility index (Phi) is 5.59. The number of aryl methyl sites for hydroxylation is 1. The molecule has 5 rings (SSSR count). The standard InChI is InChI=1S/C27H23F3N4O/c1-16(2)19-6-4-5-7-20(19)22-12-21-23(13-31-22)32-14-24(21)35-18-10-8-17(9-11-18)26-33-25(15-34(26)3)27(28,29)30/h4-16,32H,1-3H3. The zero-order chi connectivity index (χ0) is 24.7. The van der Waals surface area contributed by atoms with Crippen LogP contribution in [0, 0.1) is 0 Å². The Labute approximate surface area is 200 Å². The number of nitrogens with one attached hydrogen (secondary N) is 1. The monoisotopic (exact) mass is 476 g/mol. The highest BCUT2D eigenvalue weighted by atomic mass is 19.4. The third-order valence-corrected chi connectivity index (χ3v) is 5.89. The van der Waals surface area contributed by atoms with E-state index in [0.29, 0.717) is 23.0 Å². The van der Waals surface area contributed by atoms with Gasteiger partial charge in [-0.2, -0.15) is 13.2 Å². The third kappa shape index (κ3) is 4.39. The number of aromatic amines is 1. The van der Waals surface area contributed by atoms with Crippen LogP contribution >= 0.6 is 0 Å². The highest BCUT2D eigenvalue weighted by Crippen LogP contribution is 2.35. The van der Waals surface area contributed by atoms with Crippen molar-refractivity contribution in [1.29, 1.82) is 0 Å². The molecule has 5 aromatic rings. The number of H-pyrrole nitrogens is 1. The number of fused-ring (bicyclic) bond motifs is 1. The summed E-state index contributed by atoms with van der Waals surface area (Å²) in [7, 11) is 1.54. The van der Waals surface area contributed by atoms with Gasteiger partial charge in [0.15, 0.2) is 11.4 Å². The van der Waals surface area contributed by atoms with Gasteiger partial charge < -0.3 is 14.3 Å². The maximum Gasteiger partial charge on any atom is 0.434 e. The predicted molar refractivity (Wildman–Crippen MR) is 129 cm³/mol. The first-order valence-electron chi connectivity index (χ1n) is 11.2. The fourth-order valence-corrected chi connectivity index (χ4v) is 4.13. The van der Waals surface area contributed by atoms with Crippen LogP contribution in [0.15, 0.2) is 73.2 Å². The molecule has 2 aromatic carbocycles. The number of imidazole rings is 1. The second kappa shape index (κ2) is 8.61. The molecule has 0 aliphatic rings.